The van der Waals surface area contributed by atoms with Gasteiger partial charge in [-0.1, -0.05) is 0 Å². The van der Waals surface area contributed by atoms with E-state index >= 15 is 0 Å². The van der Waals surface area contributed by atoms with Crippen LogP contribution in [0, 0.1) is 0 Å². The van der Waals surface area contributed by atoms with E-state index in [1.165, 1.54) is 0 Å². The average Bonchev–Trinajstić information content (AvgIpc) is 2.24. The van der Waals surface area contributed by atoms with Crippen LogP contribution in [0.5, 0.6) is 0 Å². The predicted molar refractivity (Wildman–Crippen MR) is 50.2 cm³/mol. The van der Waals surface area contributed by atoms with Crippen molar-refractivity contribution in [1.29, 1.82) is 0 Å². The quantitative estimate of drug-likeness (QED) is 0.216. The summed E-state index contributed by atoms with van der Waals surface area (Å²) in [6, 6.07) is 0. The third-order valence-corrected chi connectivity index (χ3v) is 1.48. The van der Waals surface area contributed by atoms with Crippen LogP contribution in [0.1, 0.15) is 0 Å². The second-order valence-electron chi connectivity index (χ2n) is 2.51. The van der Waals surface area contributed by atoms with E-state index in [1.807, 2.05) is 0 Å². The molecule has 0 heterocycles. The predicted octanol–water partition coefficient (Wildman–Crippen LogP) is -3.01. The highest BCUT2D eigenvalue weighted by molar-refractivity contribution is 7.46. The molecule has 0 fully saturated rings. The molecule has 0 saturated heterocycles. The van der Waals surface area contributed by atoms with Crippen LogP contribution in [-0.2, 0) is 13.9 Å². The zero-order valence-electron chi connectivity index (χ0n) is 8.21. The van der Waals surface area contributed by atoms with Crippen LogP contribution in [0.3, 0.4) is 0 Å². The molecule has 16 heavy (non-hydrogen) atoms. The molecule has 0 radical (unpaired) electrons. The molecule has 0 aliphatic heterocycles. The Balaban J connectivity index is 0. The number of phosphoric acid groups is 1. The van der Waals surface area contributed by atoms with E-state index in [0.717, 1.165) is 0 Å². The maximum absolute atomic E-state index is 9.90. The largest absolute Gasteiger partial charge is 0.469 e. The molecule has 10 heteroatoms. The zero-order valence-corrected chi connectivity index (χ0v) is 9.10. The Kier molecular flexibility index (Phi) is 11.0. The van der Waals surface area contributed by atoms with E-state index in [9.17, 15) is 9.36 Å². The zero-order chi connectivity index (χ0) is 13.2. The Morgan fingerprint density at radius 1 is 1.19 bits per heavy atom. The highest BCUT2D eigenvalue weighted by atomic mass is 31.2. The molecule has 0 aromatic carbocycles. The smallest absolute Gasteiger partial charge is 0.394 e. The Bertz CT molecular complexity index is 210. The minimum Gasteiger partial charge on any atom is -0.394 e. The summed E-state index contributed by atoms with van der Waals surface area (Å²) in [6.07, 6.45) is -2.31. The monoisotopic (exact) mass is 262 g/mol. The third-order valence-electron chi connectivity index (χ3n) is 0.992. The topological polar surface area (TPSA) is 165 Å². The van der Waals surface area contributed by atoms with Gasteiger partial charge in [0.1, 0.15) is 12.2 Å². The maximum Gasteiger partial charge on any atom is 0.469 e. The molecule has 9 nitrogen and oxygen atoms in total. The van der Waals surface area contributed by atoms with Crippen LogP contribution in [0.4, 0.5) is 0 Å². The molecule has 0 amide bonds. The van der Waals surface area contributed by atoms with Crippen LogP contribution in [0.25, 0.3) is 0 Å². The molecule has 0 spiro atoms. The highest BCUT2D eigenvalue weighted by Crippen LogP contribution is 2.35. The van der Waals surface area contributed by atoms with Gasteiger partial charge in [0.25, 0.3) is 0 Å². The normalized spacial score (nSPS) is 12.9. The number of carbonyl (C=O) groups excluding carboxylic acids is 1. The fourth-order valence-corrected chi connectivity index (χ4v) is 0.617. The highest BCUT2D eigenvalue weighted by Gasteiger charge is 2.15. The van der Waals surface area contributed by atoms with Crippen molar-refractivity contribution in [3.63, 3.8) is 0 Å². The lowest BCUT2D eigenvalue weighted by Crippen LogP contribution is -2.15. The van der Waals surface area contributed by atoms with Crippen molar-refractivity contribution < 1.29 is 44.1 Å². The summed E-state index contributed by atoms with van der Waals surface area (Å²) in [5.74, 6) is 0. The molecule has 0 bridgehead atoms. The Labute approximate surface area is 91.2 Å². The molecule has 1 atom stereocenters. The summed E-state index contributed by atoms with van der Waals surface area (Å²) in [6.45, 7) is -1.42. The van der Waals surface area contributed by atoms with Crippen LogP contribution < -0.4 is 0 Å². The summed E-state index contributed by atoms with van der Waals surface area (Å²) >= 11 is 0. The van der Waals surface area contributed by atoms with Gasteiger partial charge in [-0.15, -0.1) is 0 Å². The molecule has 6 N–H and O–H groups in total. The first kappa shape index (κ1) is 18.0. The van der Waals surface area contributed by atoms with Gasteiger partial charge in [-0.25, -0.2) is 4.57 Å². The van der Waals surface area contributed by atoms with Gasteiger partial charge in [0.15, 0.2) is 6.29 Å². The lowest BCUT2D eigenvalue weighted by molar-refractivity contribution is -0.116. The fourth-order valence-electron chi connectivity index (χ4n) is 0.270. The Morgan fingerprint density at radius 2 is 1.62 bits per heavy atom. The van der Waals surface area contributed by atoms with Crippen molar-refractivity contribution in [2.75, 3.05) is 19.8 Å². The SMILES string of the molecule is O=C[C@H](O)COP(=O)(O)O.OCC(O)CO. The summed E-state index contributed by atoms with van der Waals surface area (Å²) in [5.41, 5.74) is 0. The van der Waals surface area contributed by atoms with Crippen LogP contribution in [-0.4, -0.2) is 68.5 Å². The Hall–Kier alpha value is -0.380. The van der Waals surface area contributed by atoms with Gasteiger partial charge in [-0.2, -0.15) is 0 Å². The molecule has 0 aromatic rings. The second-order valence-corrected chi connectivity index (χ2v) is 3.75. The number of hydrogen-bond acceptors (Lipinski definition) is 7. The van der Waals surface area contributed by atoms with Gasteiger partial charge in [0.05, 0.1) is 19.8 Å². The van der Waals surface area contributed by atoms with Crippen molar-refractivity contribution in [3.8, 4) is 0 Å². The van der Waals surface area contributed by atoms with Gasteiger partial charge in [-0.05, 0) is 0 Å². The Morgan fingerprint density at radius 3 is 1.81 bits per heavy atom. The first-order chi connectivity index (χ1) is 7.26. The first-order valence-corrected chi connectivity index (χ1v) is 5.53. The molecule has 0 rings (SSSR count). The van der Waals surface area contributed by atoms with E-state index in [2.05, 4.69) is 4.52 Å². The molecule has 0 unspecified atom stereocenters. The number of aliphatic hydroxyl groups is 4. The number of phosphoric ester groups is 1. The van der Waals surface area contributed by atoms with E-state index in [-0.39, 0.29) is 19.5 Å². The van der Waals surface area contributed by atoms with E-state index in [1.54, 1.807) is 0 Å². The summed E-state index contributed by atoms with van der Waals surface area (Å²) in [7, 11) is -4.55. The molecular weight excluding hydrogens is 247 g/mol. The summed E-state index contributed by atoms with van der Waals surface area (Å²) < 4.78 is 13.7. The number of aliphatic hydroxyl groups excluding tert-OH is 4. The molecule has 0 aromatic heterocycles. The van der Waals surface area contributed by atoms with Crippen molar-refractivity contribution in [2.24, 2.45) is 0 Å². The van der Waals surface area contributed by atoms with Gasteiger partial charge in [0.2, 0.25) is 0 Å². The van der Waals surface area contributed by atoms with E-state index in [0.29, 0.717) is 0 Å². The molecular formula is C6H15O9P. The van der Waals surface area contributed by atoms with Crippen molar-refractivity contribution in [3.05, 3.63) is 0 Å². The maximum atomic E-state index is 9.90. The fraction of sp³-hybridized carbons (Fsp3) is 0.833. The number of rotatable bonds is 6. The first-order valence-electron chi connectivity index (χ1n) is 4.00. The van der Waals surface area contributed by atoms with Crippen molar-refractivity contribution >= 4 is 14.1 Å². The molecule has 0 aliphatic rings. The minimum atomic E-state index is -4.55. The van der Waals surface area contributed by atoms with Crippen LogP contribution in [0.15, 0.2) is 0 Å². The van der Waals surface area contributed by atoms with Gasteiger partial charge in [0, 0.05) is 0 Å². The van der Waals surface area contributed by atoms with Gasteiger partial charge >= 0.3 is 7.82 Å². The van der Waals surface area contributed by atoms with Gasteiger partial charge in [-0.3, -0.25) is 4.52 Å². The molecule has 0 aliphatic carbocycles. The van der Waals surface area contributed by atoms with Gasteiger partial charge < -0.3 is 35.0 Å². The minimum absolute atomic E-state index is 0.121. The lowest BCUT2D eigenvalue weighted by Gasteiger charge is -2.04. The summed E-state index contributed by atoms with van der Waals surface area (Å²) in [4.78, 5) is 25.7. The van der Waals surface area contributed by atoms with Crippen molar-refractivity contribution in [2.45, 2.75) is 12.2 Å². The van der Waals surface area contributed by atoms with Crippen LogP contribution >= 0.6 is 7.82 Å². The average molecular weight is 262 g/mol. The third kappa shape index (κ3) is 16.1. The van der Waals surface area contributed by atoms with Crippen LogP contribution in [0.2, 0.25) is 0 Å². The summed E-state index contributed by atoms with van der Waals surface area (Å²) in [5, 5.41) is 32.4. The van der Waals surface area contributed by atoms with Crippen molar-refractivity contribution in [1.82, 2.24) is 0 Å². The number of hydrogen-bond donors (Lipinski definition) is 6. The lowest BCUT2D eigenvalue weighted by atomic mass is 10.4. The molecule has 0 saturated carbocycles. The van der Waals surface area contributed by atoms with E-state index in [4.69, 9.17) is 30.2 Å². The standard InChI is InChI=1S/C3H7O6P.C3H8O3/c4-1-3(5)2-9-10(6,7)8;4-1-3(6)2-5/h1,3,5H,2H2,(H2,6,7,8);3-6H,1-2H2/t3-;/m0./s1. The van der Waals surface area contributed by atoms with E-state index < -0.39 is 26.6 Å². The number of aldehydes is 1. The number of carbonyl (C=O) groups is 1. The second kappa shape index (κ2) is 9.82. The molecule has 98 valence electrons.